The van der Waals surface area contributed by atoms with E-state index >= 15 is 0 Å². The first kappa shape index (κ1) is 24.8. The number of hydrogen-bond donors (Lipinski definition) is 4. The van der Waals surface area contributed by atoms with Crippen LogP contribution in [0.3, 0.4) is 0 Å². The van der Waals surface area contributed by atoms with Crippen molar-refractivity contribution < 1.29 is 9.90 Å². The molecular formula is C23H32IN5O2. The summed E-state index contributed by atoms with van der Waals surface area (Å²) in [4.78, 5) is 19.0. The van der Waals surface area contributed by atoms with Gasteiger partial charge in [0.25, 0.3) is 0 Å². The third-order valence-electron chi connectivity index (χ3n) is 5.07. The molecule has 1 saturated heterocycles. The minimum atomic E-state index is -0.221. The highest BCUT2D eigenvalue weighted by molar-refractivity contribution is 14.0. The number of phenolic OH excluding ortho intramolecular Hbond substituents is 1. The number of benzene rings is 2. The Morgan fingerprint density at radius 1 is 1.16 bits per heavy atom. The molecule has 0 spiro atoms. The highest BCUT2D eigenvalue weighted by Gasteiger charge is 2.14. The van der Waals surface area contributed by atoms with E-state index in [0.717, 1.165) is 13.1 Å². The maximum Gasteiger partial charge on any atom is 0.246 e. The van der Waals surface area contributed by atoms with Crippen molar-refractivity contribution in [1.82, 2.24) is 10.6 Å². The molecule has 1 unspecified atom stereocenters. The molecule has 31 heavy (non-hydrogen) atoms. The van der Waals surface area contributed by atoms with E-state index in [9.17, 15) is 9.90 Å². The van der Waals surface area contributed by atoms with Crippen LogP contribution in [0.25, 0.3) is 0 Å². The number of nitrogens with one attached hydrogen (secondary N) is 3. The third kappa shape index (κ3) is 7.61. The van der Waals surface area contributed by atoms with Crippen LogP contribution < -0.4 is 20.9 Å². The Morgan fingerprint density at radius 3 is 2.55 bits per heavy atom. The number of carbonyl (C=O) groups excluding carboxylic acids is 1. The van der Waals surface area contributed by atoms with E-state index in [1.54, 1.807) is 12.1 Å². The largest absolute Gasteiger partial charge is 0.508 e. The van der Waals surface area contributed by atoms with E-state index in [-0.39, 0.29) is 48.2 Å². The first-order chi connectivity index (χ1) is 14.5. The lowest BCUT2D eigenvalue weighted by molar-refractivity contribution is -0.114. The van der Waals surface area contributed by atoms with E-state index in [1.165, 1.54) is 36.2 Å². The zero-order valence-corrected chi connectivity index (χ0v) is 20.4. The molecule has 7 nitrogen and oxygen atoms in total. The van der Waals surface area contributed by atoms with Gasteiger partial charge in [0.2, 0.25) is 5.91 Å². The van der Waals surface area contributed by atoms with Crippen LogP contribution in [0.15, 0.2) is 53.5 Å². The van der Waals surface area contributed by atoms with E-state index in [4.69, 9.17) is 0 Å². The van der Waals surface area contributed by atoms with Gasteiger partial charge in [0.15, 0.2) is 5.96 Å². The Balaban J connectivity index is 0.00000341. The van der Waals surface area contributed by atoms with Crippen molar-refractivity contribution in [2.24, 2.45) is 4.99 Å². The molecule has 0 radical (unpaired) electrons. The Morgan fingerprint density at radius 2 is 1.87 bits per heavy atom. The highest BCUT2D eigenvalue weighted by Crippen LogP contribution is 2.24. The van der Waals surface area contributed by atoms with E-state index in [0.29, 0.717) is 18.2 Å². The molecule has 1 aliphatic heterocycles. The fourth-order valence-corrected chi connectivity index (χ4v) is 3.47. The summed E-state index contributed by atoms with van der Waals surface area (Å²) >= 11 is 0. The molecule has 1 amide bonds. The van der Waals surface area contributed by atoms with Gasteiger partial charge in [-0.2, -0.15) is 0 Å². The molecule has 1 heterocycles. The molecule has 1 fully saturated rings. The van der Waals surface area contributed by atoms with Crippen LogP contribution in [-0.2, 0) is 4.79 Å². The van der Waals surface area contributed by atoms with Crippen molar-refractivity contribution in [3.63, 3.8) is 0 Å². The maximum absolute atomic E-state index is 12.2. The molecule has 2 aromatic carbocycles. The van der Waals surface area contributed by atoms with Crippen molar-refractivity contribution >= 4 is 47.2 Å². The van der Waals surface area contributed by atoms with E-state index < -0.39 is 0 Å². The highest BCUT2D eigenvalue weighted by atomic mass is 127. The van der Waals surface area contributed by atoms with Crippen molar-refractivity contribution in [2.45, 2.75) is 32.7 Å². The maximum atomic E-state index is 12.2. The number of hydrogen-bond acceptors (Lipinski definition) is 4. The summed E-state index contributed by atoms with van der Waals surface area (Å²) in [6.45, 7) is 7.01. The molecule has 0 aliphatic carbocycles. The Bertz CT molecular complexity index is 867. The SMILES string of the molecule is CCNC(=NCC(=O)Nc1ccc(O)cc1)NC(C)c1cccc(N2CCCC2)c1.I. The average Bonchev–Trinajstić information content (AvgIpc) is 3.29. The fourth-order valence-electron chi connectivity index (χ4n) is 3.47. The Hall–Kier alpha value is -2.49. The lowest BCUT2D eigenvalue weighted by Crippen LogP contribution is -2.39. The number of halogens is 1. The van der Waals surface area contributed by atoms with Crippen molar-refractivity contribution in [2.75, 3.05) is 36.4 Å². The quantitative estimate of drug-likeness (QED) is 0.187. The van der Waals surface area contributed by atoms with Gasteiger partial charge in [-0.1, -0.05) is 12.1 Å². The average molecular weight is 537 g/mol. The minimum absolute atomic E-state index is 0. The van der Waals surface area contributed by atoms with Crippen LogP contribution in [-0.4, -0.2) is 43.2 Å². The molecule has 1 aliphatic rings. The van der Waals surface area contributed by atoms with Crippen molar-refractivity contribution in [1.29, 1.82) is 0 Å². The number of nitrogens with zero attached hydrogens (tertiary/aromatic N) is 2. The first-order valence-corrected chi connectivity index (χ1v) is 10.5. The third-order valence-corrected chi connectivity index (χ3v) is 5.07. The van der Waals surface area contributed by atoms with Crippen LogP contribution >= 0.6 is 24.0 Å². The normalized spacial score (nSPS) is 14.5. The van der Waals surface area contributed by atoms with Gasteiger partial charge in [0.05, 0.1) is 6.04 Å². The minimum Gasteiger partial charge on any atom is -0.508 e. The number of amides is 1. The molecule has 8 heteroatoms. The number of guanidine groups is 1. The second kappa shape index (κ2) is 12.4. The number of aliphatic imine (C=N–C) groups is 1. The number of phenols is 1. The van der Waals surface area contributed by atoms with Gasteiger partial charge in [-0.25, -0.2) is 4.99 Å². The topological polar surface area (TPSA) is 89.0 Å². The summed E-state index contributed by atoms with van der Waals surface area (Å²) < 4.78 is 0. The molecule has 0 saturated carbocycles. The zero-order valence-electron chi connectivity index (χ0n) is 18.1. The van der Waals surface area contributed by atoms with Crippen LogP contribution in [0.2, 0.25) is 0 Å². The molecule has 4 N–H and O–H groups in total. The van der Waals surface area contributed by atoms with Crippen LogP contribution in [0.5, 0.6) is 5.75 Å². The van der Waals surface area contributed by atoms with Gasteiger partial charge in [0.1, 0.15) is 12.3 Å². The van der Waals surface area contributed by atoms with Gasteiger partial charge in [-0.3, -0.25) is 4.79 Å². The summed E-state index contributed by atoms with van der Waals surface area (Å²) in [5.41, 5.74) is 3.06. The van der Waals surface area contributed by atoms with E-state index in [2.05, 4.69) is 57.0 Å². The molecular weight excluding hydrogens is 505 g/mol. The second-order valence-electron chi connectivity index (χ2n) is 7.45. The lowest BCUT2D eigenvalue weighted by Gasteiger charge is -2.22. The number of anilines is 2. The van der Waals surface area contributed by atoms with Crippen molar-refractivity contribution in [3.8, 4) is 5.75 Å². The Labute approximate surface area is 201 Å². The summed E-state index contributed by atoms with van der Waals surface area (Å²) in [5.74, 6) is 0.534. The first-order valence-electron chi connectivity index (χ1n) is 10.5. The predicted molar refractivity (Wildman–Crippen MR) is 138 cm³/mol. The van der Waals surface area contributed by atoms with Gasteiger partial charge >= 0.3 is 0 Å². The van der Waals surface area contributed by atoms with Gasteiger partial charge in [-0.05, 0) is 68.7 Å². The number of carbonyl (C=O) groups is 1. The van der Waals surface area contributed by atoms with E-state index in [1.807, 2.05) is 6.92 Å². The molecule has 3 rings (SSSR count). The monoisotopic (exact) mass is 537 g/mol. The summed E-state index contributed by atoms with van der Waals surface area (Å²) in [6, 6.07) is 15.0. The van der Waals surface area contributed by atoms with Crippen LogP contribution in [0.1, 0.15) is 38.3 Å². The lowest BCUT2D eigenvalue weighted by atomic mass is 10.1. The van der Waals surface area contributed by atoms with Crippen molar-refractivity contribution in [3.05, 3.63) is 54.1 Å². The van der Waals surface area contributed by atoms with Gasteiger partial charge in [-0.15, -0.1) is 24.0 Å². The second-order valence-corrected chi connectivity index (χ2v) is 7.45. The number of aromatic hydroxyl groups is 1. The van der Waals surface area contributed by atoms with Crippen LogP contribution in [0, 0.1) is 0 Å². The molecule has 0 bridgehead atoms. The number of rotatable bonds is 7. The van der Waals surface area contributed by atoms with Crippen LogP contribution in [0.4, 0.5) is 11.4 Å². The molecule has 0 aromatic heterocycles. The predicted octanol–water partition coefficient (Wildman–Crippen LogP) is 3.87. The molecule has 168 valence electrons. The summed E-state index contributed by atoms with van der Waals surface area (Å²) in [7, 11) is 0. The standard InChI is InChI=1S/C23H31N5O2.HI/c1-3-24-23(25-16-22(30)27-19-9-11-21(29)12-10-19)26-17(2)18-7-6-8-20(15-18)28-13-4-5-14-28;/h6-12,15,17,29H,3-5,13-14,16H2,1-2H3,(H,27,30)(H2,24,25,26);1H. The molecule has 2 aromatic rings. The Kier molecular flexibility index (Phi) is 9.90. The molecule has 1 atom stereocenters. The zero-order chi connectivity index (χ0) is 21.3. The fraction of sp³-hybridized carbons (Fsp3) is 0.391. The van der Waals surface area contributed by atoms with Gasteiger partial charge in [0, 0.05) is 31.0 Å². The summed E-state index contributed by atoms with van der Waals surface area (Å²) in [6.07, 6.45) is 2.50. The van der Waals surface area contributed by atoms with Gasteiger partial charge < -0.3 is 26.0 Å². The smallest absolute Gasteiger partial charge is 0.246 e. The summed E-state index contributed by atoms with van der Waals surface area (Å²) in [5, 5.41) is 18.7.